The highest BCUT2D eigenvalue weighted by atomic mass is 32.2. The molecule has 1 heterocycles. The van der Waals surface area contributed by atoms with Crippen molar-refractivity contribution >= 4 is 43.2 Å². The smallest absolute Gasteiger partial charge is 0.279 e. The number of ether oxygens (including phenoxy) is 1. The topological polar surface area (TPSA) is 89.8 Å². The minimum absolute atomic E-state index is 0.109. The van der Waals surface area contributed by atoms with Crippen molar-refractivity contribution in [3.63, 3.8) is 0 Å². The van der Waals surface area contributed by atoms with Crippen molar-refractivity contribution in [3.8, 4) is 5.75 Å². The number of aromatic nitrogens is 1. The van der Waals surface area contributed by atoms with Crippen LogP contribution in [0.3, 0.4) is 0 Å². The summed E-state index contributed by atoms with van der Waals surface area (Å²) in [4.78, 5) is 18.1. The molecule has 4 rings (SSSR count). The summed E-state index contributed by atoms with van der Waals surface area (Å²) in [5.74, 6) is 0.163. The van der Waals surface area contributed by atoms with E-state index in [2.05, 4.69) is 41.4 Å². The van der Waals surface area contributed by atoms with Gasteiger partial charge in [-0.15, -0.1) is 6.58 Å². The summed E-state index contributed by atoms with van der Waals surface area (Å²) in [6, 6.07) is 18.7. The van der Waals surface area contributed by atoms with Crippen molar-refractivity contribution in [2.45, 2.75) is 37.6 Å². The van der Waals surface area contributed by atoms with Crippen LogP contribution in [0.5, 0.6) is 5.75 Å². The zero-order chi connectivity index (χ0) is 26.4. The van der Waals surface area contributed by atoms with Gasteiger partial charge in [0.2, 0.25) is 0 Å². The van der Waals surface area contributed by atoms with E-state index in [1.807, 2.05) is 4.57 Å². The van der Waals surface area contributed by atoms with Crippen LogP contribution < -0.4 is 14.3 Å². The summed E-state index contributed by atoms with van der Waals surface area (Å²) in [5.41, 5.74) is 2.99. The highest BCUT2D eigenvalue weighted by Crippen LogP contribution is 2.22. The summed E-state index contributed by atoms with van der Waals surface area (Å²) in [6.07, 6.45) is 5.07. The van der Waals surface area contributed by atoms with Crippen LogP contribution in [-0.4, -0.2) is 26.0 Å². The van der Waals surface area contributed by atoms with Gasteiger partial charge in [-0.05, 0) is 79.1 Å². The summed E-state index contributed by atoms with van der Waals surface area (Å²) < 4.78 is 36.0. The average molecular weight is 536 g/mol. The molecule has 0 radical (unpaired) electrons. The molecule has 0 fully saturated rings. The van der Waals surface area contributed by atoms with Crippen LogP contribution in [0.1, 0.15) is 35.7 Å². The van der Waals surface area contributed by atoms with Gasteiger partial charge < -0.3 is 9.30 Å². The Labute approximate surface area is 220 Å². The third-order valence-corrected chi connectivity index (χ3v) is 8.27. The van der Waals surface area contributed by atoms with Crippen molar-refractivity contribution in [2.24, 2.45) is 4.99 Å². The zero-order valence-electron chi connectivity index (χ0n) is 20.8. The molecule has 0 aliphatic rings. The molecular weight excluding hydrogens is 506 g/mol. The highest BCUT2D eigenvalue weighted by molar-refractivity contribution is 7.92. The van der Waals surface area contributed by atoms with Gasteiger partial charge in [0.1, 0.15) is 5.75 Å². The van der Waals surface area contributed by atoms with E-state index in [0.717, 1.165) is 29.5 Å². The normalized spacial score (nSPS) is 12.0. The summed E-state index contributed by atoms with van der Waals surface area (Å²) in [5, 5.41) is 0. The summed E-state index contributed by atoms with van der Waals surface area (Å²) in [6.45, 7) is 6.55. The number of methoxy groups -OCH3 is 1. The molecule has 3 aromatic carbocycles. The lowest BCUT2D eigenvalue weighted by Crippen LogP contribution is -2.16. The van der Waals surface area contributed by atoms with Crippen LogP contribution in [0, 0.1) is 0 Å². The third-order valence-electron chi connectivity index (χ3n) is 5.83. The second kappa shape index (κ2) is 11.6. The van der Waals surface area contributed by atoms with Crippen LogP contribution in [0.4, 0.5) is 5.69 Å². The van der Waals surface area contributed by atoms with Crippen molar-refractivity contribution in [1.82, 2.24) is 4.57 Å². The maximum absolute atomic E-state index is 13.0. The first-order chi connectivity index (χ1) is 17.8. The molecule has 0 aliphatic carbocycles. The summed E-state index contributed by atoms with van der Waals surface area (Å²) >= 11 is 1.47. The number of carbonyl (C=O) groups is 1. The van der Waals surface area contributed by atoms with Gasteiger partial charge in [-0.2, -0.15) is 4.99 Å². The molecule has 0 bridgehead atoms. The highest BCUT2D eigenvalue weighted by Gasteiger charge is 2.15. The Kier molecular flexibility index (Phi) is 8.25. The standard InChI is InChI=1S/C28H29N3O4S2/c1-4-6-7-20-8-17-25-26(19-20)36-28(31(25)18-5-2)29-27(32)21-9-11-22(12-10-21)30-37(33,34)24-15-13-23(35-3)14-16-24/h5,8-17,19,30H,2,4,6-7,18H2,1,3H3. The van der Waals surface area contributed by atoms with Crippen LogP contribution in [0.25, 0.3) is 10.2 Å². The number of fused-ring (bicyclic) bond motifs is 1. The Balaban J connectivity index is 1.57. The second-order valence-electron chi connectivity index (χ2n) is 8.46. The van der Waals surface area contributed by atoms with Crippen molar-refractivity contribution in [3.05, 3.63) is 95.3 Å². The lowest BCUT2D eigenvalue weighted by Gasteiger charge is -2.09. The SMILES string of the molecule is C=CCn1c(=NC(=O)c2ccc(NS(=O)(=O)c3ccc(OC)cc3)cc2)sc2cc(CCCC)ccc21. The maximum Gasteiger partial charge on any atom is 0.279 e. The number of benzene rings is 3. The molecule has 0 unspecified atom stereocenters. The number of hydrogen-bond donors (Lipinski definition) is 1. The van der Waals surface area contributed by atoms with E-state index >= 15 is 0 Å². The molecule has 1 N–H and O–H groups in total. The number of hydrogen-bond acceptors (Lipinski definition) is 5. The molecule has 0 atom stereocenters. The molecule has 1 aromatic heterocycles. The van der Waals surface area contributed by atoms with Crippen LogP contribution >= 0.6 is 11.3 Å². The van der Waals surface area contributed by atoms with E-state index in [0.29, 0.717) is 28.3 Å². The number of rotatable bonds is 10. The van der Waals surface area contributed by atoms with Gasteiger partial charge in [-0.25, -0.2) is 8.42 Å². The molecule has 0 spiro atoms. The fourth-order valence-corrected chi connectivity index (χ4v) is 6.01. The first-order valence-electron chi connectivity index (χ1n) is 11.9. The van der Waals surface area contributed by atoms with E-state index < -0.39 is 15.9 Å². The van der Waals surface area contributed by atoms with Crippen LogP contribution in [0.2, 0.25) is 0 Å². The van der Waals surface area contributed by atoms with Gasteiger partial charge in [0, 0.05) is 17.8 Å². The number of carbonyl (C=O) groups excluding carboxylic acids is 1. The van der Waals surface area contributed by atoms with Gasteiger partial charge in [0.05, 0.1) is 22.2 Å². The Morgan fingerprint density at radius 3 is 2.49 bits per heavy atom. The molecule has 0 aliphatic heterocycles. The van der Waals surface area contributed by atoms with Crippen LogP contribution in [0.15, 0.2) is 89.3 Å². The first-order valence-corrected chi connectivity index (χ1v) is 14.2. The number of nitrogens with zero attached hydrogens (tertiary/aromatic N) is 2. The van der Waals surface area contributed by atoms with E-state index in [1.165, 1.54) is 36.1 Å². The molecule has 0 saturated carbocycles. The number of unbranched alkanes of at least 4 members (excludes halogenated alkanes) is 1. The fraction of sp³-hybridized carbons (Fsp3) is 0.214. The Morgan fingerprint density at radius 1 is 1.11 bits per heavy atom. The van der Waals surface area contributed by atoms with Gasteiger partial charge in [0.15, 0.2) is 4.80 Å². The monoisotopic (exact) mass is 535 g/mol. The van der Waals surface area contributed by atoms with Gasteiger partial charge in [-0.1, -0.05) is 36.8 Å². The molecule has 4 aromatic rings. The lowest BCUT2D eigenvalue weighted by molar-refractivity contribution is 0.0998. The Morgan fingerprint density at radius 2 is 1.84 bits per heavy atom. The molecule has 9 heteroatoms. The van der Waals surface area contributed by atoms with Crippen molar-refractivity contribution < 1.29 is 17.9 Å². The van der Waals surface area contributed by atoms with E-state index in [9.17, 15) is 13.2 Å². The molecule has 192 valence electrons. The third kappa shape index (κ3) is 6.18. The van der Waals surface area contributed by atoms with E-state index in [1.54, 1.807) is 42.5 Å². The predicted octanol–water partition coefficient (Wildman–Crippen LogP) is 5.78. The molecule has 1 amide bonds. The molecular formula is C28H29N3O4S2. The first kappa shape index (κ1) is 26.4. The number of anilines is 1. The number of sulfonamides is 1. The number of thiazole rings is 1. The number of allylic oxidation sites excluding steroid dienone is 1. The van der Waals surface area contributed by atoms with Crippen molar-refractivity contribution in [2.75, 3.05) is 11.8 Å². The number of aryl methyl sites for hydroxylation is 1. The summed E-state index contributed by atoms with van der Waals surface area (Å²) in [7, 11) is -2.27. The van der Waals surface area contributed by atoms with Gasteiger partial charge in [-0.3, -0.25) is 9.52 Å². The second-order valence-corrected chi connectivity index (χ2v) is 11.2. The minimum Gasteiger partial charge on any atom is -0.497 e. The van der Waals surface area contributed by atoms with Gasteiger partial charge >= 0.3 is 0 Å². The van der Waals surface area contributed by atoms with Crippen molar-refractivity contribution in [1.29, 1.82) is 0 Å². The average Bonchev–Trinajstić information content (AvgIpc) is 3.23. The number of nitrogens with one attached hydrogen (secondary N) is 1. The van der Waals surface area contributed by atoms with Gasteiger partial charge in [0.25, 0.3) is 15.9 Å². The largest absolute Gasteiger partial charge is 0.497 e. The Hall–Kier alpha value is -3.69. The van der Waals surface area contributed by atoms with E-state index in [-0.39, 0.29) is 4.90 Å². The number of amides is 1. The molecule has 0 saturated heterocycles. The van der Waals surface area contributed by atoms with E-state index in [4.69, 9.17) is 4.74 Å². The maximum atomic E-state index is 13.0. The minimum atomic E-state index is -3.78. The van der Waals surface area contributed by atoms with Crippen LogP contribution in [-0.2, 0) is 23.0 Å². The molecule has 37 heavy (non-hydrogen) atoms. The molecule has 7 nitrogen and oxygen atoms in total. The fourth-order valence-electron chi connectivity index (χ4n) is 3.85. The Bertz CT molecular complexity index is 1580. The lowest BCUT2D eigenvalue weighted by atomic mass is 10.1. The quantitative estimate of drug-likeness (QED) is 0.261. The predicted molar refractivity (Wildman–Crippen MR) is 149 cm³/mol. The zero-order valence-corrected chi connectivity index (χ0v) is 22.4.